The number of aromatic nitrogens is 1. The van der Waals surface area contributed by atoms with Gasteiger partial charge < -0.3 is 5.32 Å². The van der Waals surface area contributed by atoms with Gasteiger partial charge in [0, 0.05) is 17.3 Å². The number of hydrogen-bond donors (Lipinski definition) is 1. The molecule has 0 unspecified atom stereocenters. The van der Waals surface area contributed by atoms with Gasteiger partial charge in [-0.1, -0.05) is 24.3 Å². The molecule has 0 fully saturated rings. The SMILES string of the molecule is CNCc1sc(C2Cc3ccccc3C2)nc1C. The maximum absolute atomic E-state index is 4.77. The summed E-state index contributed by atoms with van der Waals surface area (Å²) in [6, 6.07) is 8.79. The Labute approximate surface area is 112 Å². The lowest BCUT2D eigenvalue weighted by molar-refractivity contribution is 0.731. The zero-order chi connectivity index (χ0) is 12.5. The fraction of sp³-hybridized carbons (Fsp3) is 0.400. The molecule has 2 aromatic rings. The second-order valence-electron chi connectivity index (χ2n) is 4.96. The molecule has 0 saturated heterocycles. The van der Waals surface area contributed by atoms with Crippen molar-refractivity contribution in [2.45, 2.75) is 32.2 Å². The van der Waals surface area contributed by atoms with E-state index in [1.165, 1.54) is 26.7 Å². The number of nitrogens with zero attached hydrogens (tertiary/aromatic N) is 1. The first kappa shape index (κ1) is 11.9. The molecule has 0 bridgehead atoms. The molecule has 94 valence electrons. The number of fused-ring (bicyclic) bond motifs is 1. The van der Waals surface area contributed by atoms with Crippen molar-refractivity contribution in [3.05, 3.63) is 51.0 Å². The van der Waals surface area contributed by atoms with E-state index in [2.05, 4.69) is 36.5 Å². The normalized spacial score (nSPS) is 15.0. The second-order valence-corrected chi connectivity index (χ2v) is 6.08. The van der Waals surface area contributed by atoms with Gasteiger partial charge in [-0.2, -0.15) is 0 Å². The molecule has 0 radical (unpaired) electrons. The molecule has 0 spiro atoms. The van der Waals surface area contributed by atoms with Crippen LogP contribution in [0.3, 0.4) is 0 Å². The van der Waals surface area contributed by atoms with Crippen LogP contribution in [0.1, 0.15) is 32.6 Å². The smallest absolute Gasteiger partial charge is 0.0969 e. The fourth-order valence-corrected chi connectivity index (χ4v) is 3.86. The minimum atomic E-state index is 0.594. The first-order valence-electron chi connectivity index (χ1n) is 6.45. The summed E-state index contributed by atoms with van der Waals surface area (Å²) in [7, 11) is 1.99. The Balaban J connectivity index is 1.84. The van der Waals surface area contributed by atoms with Crippen LogP contribution in [0.5, 0.6) is 0 Å². The van der Waals surface area contributed by atoms with Crippen molar-refractivity contribution < 1.29 is 0 Å². The predicted octanol–water partition coefficient (Wildman–Crippen LogP) is 3.05. The van der Waals surface area contributed by atoms with E-state index in [4.69, 9.17) is 4.98 Å². The van der Waals surface area contributed by atoms with Crippen molar-refractivity contribution in [2.75, 3.05) is 7.05 Å². The Morgan fingerprint density at radius 2 is 1.94 bits per heavy atom. The van der Waals surface area contributed by atoms with E-state index in [1.807, 2.05) is 18.4 Å². The number of benzene rings is 1. The standard InChI is InChI=1S/C15H18N2S/c1-10-14(9-16-2)18-15(17-10)13-7-11-5-3-4-6-12(11)8-13/h3-6,13,16H,7-9H2,1-2H3. The quantitative estimate of drug-likeness (QED) is 0.915. The molecular weight excluding hydrogens is 240 g/mol. The number of rotatable bonds is 3. The second kappa shape index (κ2) is 4.82. The van der Waals surface area contributed by atoms with Crippen LogP contribution in [0.4, 0.5) is 0 Å². The molecule has 3 heteroatoms. The van der Waals surface area contributed by atoms with E-state index in [1.54, 1.807) is 0 Å². The lowest BCUT2D eigenvalue weighted by atomic mass is 10.1. The third-order valence-electron chi connectivity index (χ3n) is 3.65. The van der Waals surface area contributed by atoms with E-state index in [-0.39, 0.29) is 0 Å². The molecular formula is C15H18N2S. The van der Waals surface area contributed by atoms with Crippen LogP contribution < -0.4 is 5.32 Å². The molecule has 0 atom stereocenters. The summed E-state index contributed by atoms with van der Waals surface area (Å²) in [6.45, 7) is 3.05. The highest BCUT2D eigenvalue weighted by Crippen LogP contribution is 2.36. The van der Waals surface area contributed by atoms with Crippen LogP contribution in [0.15, 0.2) is 24.3 Å². The largest absolute Gasteiger partial charge is 0.315 e. The summed E-state index contributed by atoms with van der Waals surface area (Å²) in [6.07, 6.45) is 2.31. The molecule has 0 amide bonds. The minimum absolute atomic E-state index is 0.594. The molecule has 0 aliphatic heterocycles. The molecule has 1 aromatic carbocycles. The summed E-state index contributed by atoms with van der Waals surface area (Å²) in [5.74, 6) is 0.594. The number of aryl methyl sites for hydroxylation is 1. The van der Waals surface area contributed by atoms with Crippen LogP contribution in [0, 0.1) is 6.92 Å². The van der Waals surface area contributed by atoms with Crippen molar-refractivity contribution in [3.63, 3.8) is 0 Å². The van der Waals surface area contributed by atoms with Gasteiger partial charge in [0.05, 0.1) is 10.7 Å². The molecule has 3 rings (SSSR count). The van der Waals surface area contributed by atoms with Crippen LogP contribution >= 0.6 is 11.3 Å². The van der Waals surface area contributed by atoms with Crippen molar-refractivity contribution >= 4 is 11.3 Å². The van der Waals surface area contributed by atoms with E-state index in [0.717, 1.165) is 19.4 Å². The summed E-state index contributed by atoms with van der Waals surface area (Å²) in [4.78, 5) is 6.15. The molecule has 1 N–H and O–H groups in total. The third kappa shape index (κ3) is 2.08. The summed E-state index contributed by atoms with van der Waals surface area (Å²) in [5, 5.41) is 4.53. The number of nitrogens with one attached hydrogen (secondary N) is 1. The van der Waals surface area contributed by atoms with E-state index < -0.39 is 0 Å². The third-order valence-corrected chi connectivity index (χ3v) is 4.97. The van der Waals surface area contributed by atoms with Gasteiger partial charge in [0.25, 0.3) is 0 Å². The van der Waals surface area contributed by atoms with Crippen molar-refractivity contribution in [1.29, 1.82) is 0 Å². The molecule has 1 aliphatic carbocycles. The van der Waals surface area contributed by atoms with E-state index in [9.17, 15) is 0 Å². The molecule has 2 nitrogen and oxygen atoms in total. The Bertz CT molecular complexity index is 534. The van der Waals surface area contributed by atoms with Gasteiger partial charge in [0.2, 0.25) is 0 Å². The van der Waals surface area contributed by atoms with Gasteiger partial charge in [-0.3, -0.25) is 0 Å². The van der Waals surface area contributed by atoms with Crippen molar-refractivity contribution in [2.24, 2.45) is 0 Å². The predicted molar refractivity (Wildman–Crippen MR) is 76.2 cm³/mol. The van der Waals surface area contributed by atoms with Crippen LogP contribution in [0.25, 0.3) is 0 Å². The zero-order valence-electron chi connectivity index (χ0n) is 10.9. The van der Waals surface area contributed by atoms with Gasteiger partial charge in [0.15, 0.2) is 0 Å². The fourth-order valence-electron chi connectivity index (χ4n) is 2.68. The lowest BCUT2D eigenvalue weighted by Gasteiger charge is -2.03. The van der Waals surface area contributed by atoms with E-state index in [0.29, 0.717) is 5.92 Å². The topological polar surface area (TPSA) is 24.9 Å². The Morgan fingerprint density at radius 1 is 1.28 bits per heavy atom. The number of thiazole rings is 1. The summed E-state index contributed by atoms with van der Waals surface area (Å²) < 4.78 is 0. The van der Waals surface area contributed by atoms with Gasteiger partial charge in [-0.15, -0.1) is 11.3 Å². The summed E-state index contributed by atoms with van der Waals surface area (Å²) in [5.41, 5.74) is 4.20. The average Bonchev–Trinajstić information content (AvgIpc) is 2.94. The van der Waals surface area contributed by atoms with Crippen molar-refractivity contribution in [1.82, 2.24) is 10.3 Å². The first-order valence-corrected chi connectivity index (χ1v) is 7.27. The maximum atomic E-state index is 4.77. The number of hydrogen-bond acceptors (Lipinski definition) is 3. The molecule has 1 aromatic heterocycles. The van der Waals surface area contributed by atoms with Crippen molar-refractivity contribution in [3.8, 4) is 0 Å². The van der Waals surface area contributed by atoms with E-state index >= 15 is 0 Å². The lowest BCUT2D eigenvalue weighted by Crippen LogP contribution is -2.04. The maximum Gasteiger partial charge on any atom is 0.0969 e. The minimum Gasteiger partial charge on any atom is -0.315 e. The van der Waals surface area contributed by atoms with Gasteiger partial charge in [-0.05, 0) is 37.9 Å². The Morgan fingerprint density at radius 3 is 2.56 bits per heavy atom. The molecule has 1 heterocycles. The van der Waals surface area contributed by atoms with Crippen LogP contribution in [-0.4, -0.2) is 12.0 Å². The molecule has 0 saturated carbocycles. The highest BCUT2D eigenvalue weighted by Gasteiger charge is 2.25. The first-order chi connectivity index (χ1) is 8.78. The summed E-state index contributed by atoms with van der Waals surface area (Å²) >= 11 is 1.88. The highest BCUT2D eigenvalue weighted by molar-refractivity contribution is 7.11. The van der Waals surface area contributed by atoms with Gasteiger partial charge >= 0.3 is 0 Å². The average molecular weight is 258 g/mol. The van der Waals surface area contributed by atoms with Gasteiger partial charge in [0.1, 0.15) is 0 Å². The van der Waals surface area contributed by atoms with Gasteiger partial charge in [-0.25, -0.2) is 4.98 Å². The Hall–Kier alpha value is -1.19. The van der Waals surface area contributed by atoms with Crippen LogP contribution in [-0.2, 0) is 19.4 Å². The Kier molecular flexibility index (Phi) is 3.18. The highest BCUT2D eigenvalue weighted by atomic mass is 32.1. The van der Waals surface area contributed by atoms with Crippen LogP contribution in [0.2, 0.25) is 0 Å². The molecule has 18 heavy (non-hydrogen) atoms. The zero-order valence-corrected chi connectivity index (χ0v) is 11.7. The molecule has 1 aliphatic rings. The monoisotopic (exact) mass is 258 g/mol.